The van der Waals surface area contributed by atoms with Crippen LogP contribution in [0.5, 0.6) is 5.75 Å². The molecule has 2 heterocycles. The number of phenolic OH excluding ortho intramolecular Hbond substituents is 1. The molecule has 49 heavy (non-hydrogen) atoms. The van der Waals surface area contributed by atoms with Gasteiger partial charge >= 0.3 is 0 Å². The van der Waals surface area contributed by atoms with E-state index in [4.69, 9.17) is 11.6 Å². The van der Waals surface area contributed by atoms with Crippen LogP contribution in [0.2, 0.25) is 5.02 Å². The number of rotatable bonds is 5. The van der Waals surface area contributed by atoms with Crippen LogP contribution in [0, 0.1) is 37.5 Å². The second kappa shape index (κ2) is 11.4. The highest BCUT2D eigenvalue weighted by molar-refractivity contribution is 6.31. The molecule has 4 aromatic rings. The molecule has 0 spiro atoms. The average molecular weight is 672 g/mol. The SMILES string of the molecule is Cc1ccc(NN2C(=O)C3CC4C(=CCC5C(=O)N(c6ccc(Cl)cc6)C(=O)C54)C(c4ccc(O)c(C)c4)C3(c3ccccc3)C2=O)cc1. The van der Waals surface area contributed by atoms with Crippen molar-refractivity contribution in [2.75, 3.05) is 10.3 Å². The summed E-state index contributed by atoms with van der Waals surface area (Å²) in [5, 5.41) is 12.2. The second-order valence-corrected chi connectivity index (χ2v) is 14.1. The number of fused-ring (bicyclic) bond motifs is 4. The van der Waals surface area contributed by atoms with Crippen LogP contribution in [-0.4, -0.2) is 33.7 Å². The minimum atomic E-state index is -1.36. The van der Waals surface area contributed by atoms with Crippen LogP contribution in [-0.2, 0) is 24.6 Å². The van der Waals surface area contributed by atoms with E-state index in [1.807, 2.05) is 73.7 Å². The number of hydrogen-bond acceptors (Lipinski definition) is 6. The maximum absolute atomic E-state index is 15.2. The number of nitrogens with zero attached hydrogens (tertiary/aromatic N) is 2. The van der Waals surface area contributed by atoms with Gasteiger partial charge in [0.05, 0.1) is 34.5 Å². The lowest BCUT2D eigenvalue weighted by Crippen LogP contribution is -2.53. The number of aryl methyl sites for hydroxylation is 2. The van der Waals surface area contributed by atoms with Crippen molar-refractivity contribution in [2.24, 2.45) is 23.7 Å². The molecular weight excluding hydrogens is 638 g/mol. The largest absolute Gasteiger partial charge is 0.508 e. The first-order valence-electron chi connectivity index (χ1n) is 16.5. The summed E-state index contributed by atoms with van der Waals surface area (Å²) in [4.78, 5) is 59.5. The van der Waals surface area contributed by atoms with E-state index in [0.717, 1.165) is 21.7 Å². The molecule has 8 nitrogen and oxygen atoms in total. The van der Waals surface area contributed by atoms with Crippen molar-refractivity contribution in [1.29, 1.82) is 0 Å². The van der Waals surface area contributed by atoms with Crippen LogP contribution >= 0.6 is 11.6 Å². The Hall–Kier alpha value is -5.21. The molecule has 4 aliphatic rings. The second-order valence-electron chi connectivity index (χ2n) is 13.6. The van der Waals surface area contributed by atoms with Crippen molar-refractivity contribution in [2.45, 2.75) is 38.0 Å². The molecule has 8 rings (SSSR count). The molecule has 0 aromatic heterocycles. The van der Waals surface area contributed by atoms with Crippen molar-refractivity contribution >= 4 is 46.6 Å². The van der Waals surface area contributed by atoms with Gasteiger partial charge in [0.1, 0.15) is 5.75 Å². The van der Waals surface area contributed by atoms with E-state index in [1.54, 1.807) is 43.3 Å². The van der Waals surface area contributed by atoms with Gasteiger partial charge in [-0.1, -0.05) is 83.4 Å². The Morgan fingerprint density at radius 1 is 0.816 bits per heavy atom. The van der Waals surface area contributed by atoms with Gasteiger partial charge in [0, 0.05) is 10.9 Å². The molecule has 0 bridgehead atoms. The average Bonchev–Trinajstić information content (AvgIpc) is 3.48. The number of aromatic hydroxyl groups is 1. The van der Waals surface area contributed by atoms with Gasteiger partial charge in [-0.15, -0.1) is 0 Å². The molecule has 1 saturated carbocycles. The van der Waals surface area contributed by atoms with Crippen LogP contribution in [0.3, 0.4) is 0 Å². The molecule has 6 atom stereocenters. The summed E-state index contributed by atoms with van der Waals surface area (Å²) < 4.78 is 0. The lowest BCUT2D eigenvalue weighted by molar-refractivity contribution is -0.138. The Balaban J connectivity index is 1.32. The lowest BCUT2D eigenvalue weighted by Gasteiger charge is -2.50. The molecule has 9 heteroatoms. The third-order valence-corrected chi connectivity index (χ3v) is 11.3. The molecule has 4 amide bonds. The minimum absolute atomic E-state index is 0.116. The van der Waals surface area contributed by atoms with Crippen molar-refractivity contribution in [1.82, 2.24) is 5.01 Å². The number of nitrogens with one attached hydrogen (secondary N) is 1. The number of halogens is 1. The number of carbonyl (C=O) groups is 4. The van der Waals surface area contributed by atoms with Gasteiger partial charge in [0.2, 0.25) is 11.8 Å². The molecule has 6 unspecified atom stereocenters. The summed E-state index contributed by atoms with van der Waals surface area (Å²) in [6.45, 7) is 3.76. The summed E-state index contributed by atoms with van der Waals surface area (Å²) in [5.74, 6) is -4.55. The molecule has 2 saturated heterocycles. The maximum atomic E-state index is 15.2. The predicted octanol–water partition coefficient (Wildman–Crippen LogP) is 6.85. The van der Waals surface area contributed by atoms with Gasteiger partial charge in [0.25, 0.3) is 11.8 Å². The molecule has 2 aliphatic carbocycles. The summed E-state index contributed by atoms with van der Waals surface area (Å²) >= 11 is 6.13. The van der Waals surface area contributed by atoms with Gasteiger partial charge in [-0.2, -0.15) is 5.01 Å². The van der Waals surface area contributed by atoms with Gasteiger partial charge in [-0.3, -0.25) is 29.5 Å². The minimum Gasteiger partial charge on any atom is -0.508 e. The van der Waals surface area contributed by atoms with E-state index < -0.39 is 35.0 Å². The maximum Gasteiger partial charge on any atom is 0.260 e. The summed E-state index contributed by atoms with van der Waals surface area (Å²) in [6, 6.07) is 28.8. The lowest BCUT2D eigenvalue weighted by atomic mass is 9.49. The fraction of sp³-hybridized carbons (Fsp3) is 0.250. The van der Waals surface area contributed by atoms with Crippen LogP contribution in [0.4, 0.5) is 11.4 Å². The molecule has 2 N–H and O–H groups in total. The van der Waals surface area contributed by atoms with Gasteiger partial charge in [-0.25, -0.2) is 0 Å². The number of phenols is 1. The molecule has 4 aromatic carbocycles. The van der Waals surface area contributed by atoms with E-state index in [1.165, 1.54) is 4.90 Å². The van der Waals surface area contributed by atoms with E-state index >= 15 is 4.79 Å². The van der Waals surface area contributed by atoms with Crippen molar-refractivity contribution in [3.63, 3.8) is 0 Å². The van der Waals surface area contributed by atoms with Crippen LogP contribution in [0.25, 0.3) is 0 Å². The Morgan fingerprint density at radius 3 is 2.22 bits per heavy atom. The van der Waals surface area contributed by atoms with Crippen LogP contribution < -0.4 is 10.3 Å². The van der Waals surface area contributed by atoms with Gasteiger partial charge < -0.3 is 5.11 Å². The third kappa shape index (κ3) is 4.57. The zero-order chi connectivity index (χ0) is 34.2. The first kappa shape index (κ1) is 31.1. The predicted molar refractivity (Wildman–Crippen MR) is 186 cm³/mol. The number of amides is 4. The number of allylic oxidation sites excluding steroid dienone is 2. The zero-order valence-electron chi connectivity index (χ0n) is 27.0. The first-order chi connectivity index (χ1) is 23.6. The Labute approximate surface area is 289 Å². The Bertz CT molecular complexity index is 2060. The molecule has 0 radical (unpaired) electrons. The van der Waals surface area contributed by atoms with E-state index in [9.17, 15) is 19.5 Å². The van der Waals surface area contributed by atoms with Crippen molar-refractivity contribution < 1.29 is 24.3 Å². The fourth-order valence-electron chi connectivity index (χ4n) is 8.83. The van der Waals surface area contributed by atoms with Crippen LogP contribution in [0.1, 0.15) is 41.0 Å². The number of anilines is 2. The van der Waals surface area contributed by atoms with Crippen LogP contribution in [0.15, 0.2) is 109 Å². The highest BCUT2D eigenvalue weighted by Gasteiger charge is 2.70. The zero-order valence-corrected chi connectivity index (χ0v) is 27.7. The highest BCUT2D eigenvalue weighted by atomic mass is 35.5. The molecule has 246 valence electrons. The Kier molecular flexibility index (Phi) is 7.26. The van der Waals surface area contributed by atoms with E-state index in [-0.39, 0.29) is 35.8 Å². The van der Waals surface area contributed by atoms with Gasteiger partial charge in [-0.05, 0) is 91.8 Å². The van der Waals surface area contributed by atoms with Crippen molar-refractivity contribution in [3.8, 4) is 5.75 Å². The fourth-order valence-corrected chi connectivity index (χ4v) is 8.95. The molecular formula is C40H34ClN3O5. The normalized spacial score (nSPS) is 27.5. The smallest absolute Gasteiger partial charge is 0.260 e. The first-order valence-corrected chi connectivity index (χ1v) is 16.9. The molecule has 3 fully saturated rings. The number of carbonyl (C=O) groups excluding carboxylic acids is 4. The summed E-state index contributed by atoms with van der Waals surface area (Å²) in [6.07, 6.45) is 2.56. The number of imide groups is 2. The Morgan fingerprint density at radius 2 is 1.53 bits per heavy atom. The summed E-state index contributed by atoms with van der Waals surface area (Å²) in [7, 11) is 0. The highest BCUT2D eigenvalue weighted by Crippen LogP contribution is 2.64. The number of benzene rings is 4. The molecule has 2 aliphatic heterocycles. The monoisotopic (exact) mass is 671 g/mol. The standard InChI is InChI=1S/C40H34ClN3O5/c1-22-8-13-27(14-9-22)42-44-37(47)32-21-31-29(17-18-30-34(31)38(48)43(36(30)46)28-15-11-26(41)12-16-28)35(24-10-19-33(45)23(2)20-24)40(32,39(44)49)25-6-4-3-5-7-25/h3-17,19-20,30-32,34-35,42,45H,18,21H2,1-2H3. The van der Waals surface area contributed by atoms with E-state index in [0.29, 0.717) is 33.9 Å². The summed E-state index contributed by atoms with van der Waals surface area (Å²) in [5.41, 5.74) is 6.78. The number of hydrogen-bond donors (Lipinski definition) is 2. The topological polar surface area (TPSA) is 107 Å². The van der Waals surface area contributed by atoms with E-state index in [2.05, 4.69) is 5.43 Å². The van der Waals surface area contributed by atoms with Gasteiger partial charge in [0.15, 0.2) is 0 Å². The third-order valence-electron chi connectivity index (χ3n) is 11.0. The van der Waals surface area contributed by atoms with Crippen molar-refractivity contribution in [3.05, 3.63) is 136 Å². The number of hydrazine groups is 1. The quantitative estimate of drug-likeness (QED) is 0.178.